The fraction of sp³-hybridized carbons (Fsp3) is 0.0816. The lowest BCUT2D eigenvalue weighted by Gasteiger charge is -2.11. The molecule has 3 heterocycles. The smallest absolute Gasteiger partial charge is 0.164 e. The van der Waals surface area contributed by atoms with Gasteiger partial charge in [0.25, 0.3) is 0 Å². The average Bonchev–Trinajstić information content (AvgIpc) is 3.77. The van der Waals surface area contributed by atoms with Crippen molar-refractivity contribution in [2.45, 2.75) is 26.2 Å². The highest BCUT2D eigenvalue weighted by molar-refractivity contribution is 6.17. The van der Waals surface area contributed by atoms with Gasteiger partial charge in [-0.05, 0) is 72.0 Å². The SMILES string of the molecule is CCCCc1cccc(-c2nc(-c3ccccc3)nc(-c3cccc(-c4ccc(-n5c6ccccc6c6cc7c(cc65)oc5ccccc57)cc4)c3)n2)c1. The number of benzene rings is 7. The lowest BCUT2D eigenvalue weighted by molar-refractivity contribution is 0.669. The van der Waals surface area contributed by atoms with Crippen LogP contribution in [0.5, 0.6) is 0 Å². The maximum Gasteiger partial charge on any atom is 0.164 e. The third-order valence-electron chi connectivity index (χ3n) is 10.4. The second-order valence-electron chi connectivity index (χ2n) is 13.9. The van der Waals surface area contributed by atoms with Crippen molar-refractivity contribution >= 4 is 43.7 Å². The topological polar surface area (TPSA) is 56.7 Å². The number of unbranched alkanes of at least 4 members (excludes halogenated alkanes) is 1. The normalized spacial score (nSPS) is 11.6. The van der Waals surface area contributed by atoms with E-state index in [2.05, 4.69) is 145 Å². The third-order valence-corrected chi connectivity index (χ3v) is 10.4. The number of fused-ring (bicyclic) bond motifs is 6. The van der Waals surface area contributed by atoms with Crippen LogP contribution >= 0.6 is 0 Å². The molecule has 0 saturated heterocycles. The summed E-state index contributed by atoms with van der Waals surface area (Å²) >= 11 is 0. The first-order valence-electron chi connectivity index (χ1n) is 18.7. The van der Waals surface area contributed by atoms with Crippen LogP contribution in [-0.4, -0.2) is 19.5 Å². The van der Waals surface area contributed by atoms with Crippen molar-refractivity contribution in [3.8, 4) is 51.0 Å². The van der Waals surface area contributed by atoms with E-state index in [1.54, 1.807) is 0 Å². The quantitative estimate of drug-likeness (QED) is 0.159. The molecule has 5 heteroatoms. The van der Waals surface area contributed by atoms with E-state index in [4.69, 9.17) is 19.4 Å². The van der Waals surface area contributed by atoms with Gasteiger partial charge in [0, 0.05) is 50.0 Å². The molecule has 0 bridgehead atoms. The first kappa shape index (κ1) is 31.9. The zero-order valence-electron chi connectivity index (χ0n) is 29.9. The number of aryl methyl sites for hydroxylation is 1. The summed E-state index contributed by atoms with van der Waals surface area (Å²) in [5.41, 5.74) is 11.6. The van der Waals surface area contributed by atoms with E-state index in [0.29, 0.717) is 17.5 Å². The second kappa shape index (κ2) is 13.3. The minimum Gasteiger partial charge on any atom is -0.456 e. The molecule has 0 saturated carbocycles. The van der Waals surface area contributed by atoms with Crippen LogP contribution in [0.3, 0.4) is 0 Å². The first-order chi connectivity index (χ1) is 26.7. The van der Waals surface area contributed by atoms with Crippen LogP contribution in [0, 0.1) is 0 Å². The highest BCUT2D eigenvalue weighted by Crippen LogP contribution is 2.38. The molecule has 0 spiro atoms. The second-order valence-corrected chi connectivity index (χ2v) is 13.9. The summed E-state index contributed by atoms with van der Waals surface area (Å²) < 4.78 is 8.67. The molecule has 5 nitrogen and oxygen atoms in total. The van der Waals surface area contributed by atoms with Gasteiger partial charge in [0.2, 0.25) is 0 Å². The zero-order chi connectivity index (χ0) is 36.0. The van der Waals surface area contributed by atoms with Crippen molar-refractivity contribution in [3.05, 3.63) is 169 Å². The number of rotatable bonds is 8. The first-order valence-corrected chi connectivity index (χ1v) is 18.7. The molecule has 258 valence electrons. The van der Waals surface area contributed by atoms with Gasteiger partial charge in [-0.25, -0.2) is 15.0 Å². The summed E-state index contributed by atoms with van der Waals surface area (Å²) in [5.74, 6) is 1.99. The monoisotopic (exact) mass is 696 g/mol. The number of nitrogens with zero attached hydrogens (tertiary/aromatic N) is 4. The molecule has 0 amide bonds. The Kier molecular flexibility index (Phi) is 7.84. The molecule has 0 atom stereocenters. The van der Waals surface area contributed by atoms with E-state index in [0.717, 1.165) is 85.7 Å². The lowest BCUT2D eigenvalue weighted by atomic mass is 10.0. The van der Waals surface area contributed by atoms with E-state index in [1.807, 2.05) is 30.3 Å². The van der Waals surface area contributed by atoms with Gasteiger partial charge < -0.3 is 8.98 Å². The molecular weight excluding hydrogens is 661 g/mol. The minimum atomic E-state index is 0.651. The van der Waals surface area contributed by atoms with Gasteiger partial charge in [-0.15, -0.1) is 0 Å². The van der Waals surface area contributed by atoms with Crippen molar-refractivity contribution in [2.24, 2.45) is 0 Å². The molecule has 0 aliphatic heterocycles. The highest BCUT2D eigenvalue weighted by Gasteiger charge is 2.17. The standard InChI is InChI=1S/C49H36N4O/c1-2-3-13-32-14-11-18-36(28-32)48-50-47(34-15-5-4-6-16-34)51-49(52-48)37-19-12-17-35(29-37)33-24-26-38(27-25-33)53-43-22-9-7-20-39(43)41-30-42-40-21-8-10-23-45(40)54-46(42)31-44(41)53/h4-12,14-31H,2-3,13H2,1H3. The Morgan fingerprint density at radius 1 is 0.444 bits per heavy atom. The molecule has 0 unspecified atom stereocenters. The van der Waals surface area contributed by atoms with Crippen molar-refractivity contribution in [1.82, 2.24) is 19.5 Å². The number of hydrogen-bond donors (Lipinski definition) is 0. The fourth-order valence-electron chi connectivity index (χ4n) is 7.70. The molecule has 0 aliphatic carbocycles. The Bertz CT molecular complexity index is 2980. The molecule has 0 aliphatic rings. The molecule has 0 radical (unpaired) electrons. The van der Waals surface area contributed by atoms with Crippen molar-refractivity contribution in [3.63, 3.8) is 0 Å². The molecule has 10 aromatic rings. The van der Waals surface area contributed by atoms with Gasteiger partial charge in [0.15, 0.2) is 17.5 Å². The molecule has 3 aromatic heterocycles. The van der Waals surface area contributed by atoms with E-state index < -0.39 is 0 Å². The number of aromatic nitrogens is 4. The van der Waals surface area contributed by atoms with Crippen LogP contribution in [0.15, 0.2) is 168 Å². The predicted octanol–water partition coefficient (Wildman–Crippen LogP) is 12.9. The number of hydrogen-bond acceptors (Lipinski definition) is 4. The molecule has 0 fully saturated rings. The third kappa shape index (κ3) is 5.62. The molecular formula is C49H36N4O. The molecule has 10 rings (SSSR count). The molecule has 7 aromatic carbocycles. The van der Waals surface area contributed by atoms with Crippen molar-refractivity contribution in [2.75, 3.05) is 0 Å². The van der Waals surface area contributed by atoms with Crippen LogP contribution in [0.25, 0.3) is 94.7 Å². The van der Waals surface area contributed by atoms with Gasteiger partial charge in [-0.2, -0.15) is 0 Å². The zero-order valence-corrected chi connectivity index (χ0v) is 29.9. The largest absolute Gasteiger partial charge is 0.456 e. The van der Waals surface area contributed by atoms with Crippen LogP contribution in [0.1, 0.15) is 25.3 Å². The summed E-state index contributed by atoms with van der Waals surface area (Å²) in [5, 5.41) is 4.70. The van der Waals surface area contributed by atoms with E-state index in [1.165, 1.54) is 16.3 Å². The number of para-hydroxylation sites is 2. The van der Waals surface area contributed by atoms with Crippen molar-refractivity contribution in [1.29, 1.82) is 0 Å². The minimum absolute atomic E-state index is 0.651. The lowest BCUT2D eigenvalue weighted by Crippen LogP contribution is -2.00. The van der Waals surface area contributed by atoms with Crippen molar-refractivity contribution < 1.29 is 4.42 Å². The predicted molar refractivity (Wildman–Crippen MR) is 222 cm³/mol. The van der Waals surface area contributed by atoms with Gasteiger partial charge >= 0.3 is 0 Å². The van der Waals surface area contributed by atoms with Crippen LogP contribution in [0.2, 0.25) is 0 Å². The molecule has 54 heavy (non-hydrogen) atoms. The van der Waals surface area contributed by atoms with Crippen LogP contribution in [-0.2, 0) is 6.42 Å². The highest BCUT2D eigenvalue weighted by atomic mass is 16.3. The van der Waals surface area contributed by atoms with Gasteiger partial charge in [-0.1, -0.05) is 129 Å². The summed E-state index contributed by atoms with van der Waals surface area (Å²) in [6.07, 6.45) is 3.35. The van der Waals surface area contributed by atoms with E-state index in [9.17, 15) is 0 Å². The Labute approximate surface area is 313 Å². The Morgan fingerprint density at radius 2 is 1.09 bits per heavy atom. The van der Waals surface area contributed by atoms with Gasteiger partial charge in [0.1, 0.15) is 11.2 Å². The summed E-state index contributed by atoms with van der Waals surface area (Å²) in [4.78, 5) is 15.1. The summed E-state index contributed by atoms with van der Waals surface area (Å²) in [7, 11) is 0. The van der Waals surface area contributed by atoms with Crippen LogP contribution < -0.4 is 0 Å². The Balaban J connectivity index is 1.04. The summed E-state index contributed by atoms with van der Waals surface area (Å²) in [6.45, 7) is 2.22. The van der Waals surface area contributed by atoms with E-state index in [-0.39, 0.29) is 0 Å². The van der Waals surface area contributed by atoms with Gasteiger partial charge in [0.05, 0.1) is 11.0 Å². The van der Waals surface area contributed by atoms with E-state index >= 15 is 0 Å². The summed E-state index contributed by atoms with van der Waals surface area (Å²) in [6, 6.07) is 57.4. The Hall–Kier alpha value is -6.85. The molecule has 0 N–H and O–H groups in total. The number of furan rings is 1. The van der Waals surface area contributed by atoms with Crippen LogP contribution in [0.4, 0.5) is 0 Å². The maximum absolute atomic E-state index is 6.33. The fourth-order valence-corrected chi connectivity index (χ4v) is 7.70. The Morgan fingerprint density at radius 3 is 1.89 bits per heavy atom. The average molecular weight is 697 g/mol. The van der Waals surface area contributed by atoms with Gasteiger partial charge in [-0.3, -0.25) is 0 Å². The maximum atomic E-state index is 6.33.